The van der Waals surface area contributed by atoms with E-state index in [1.165, 1.54) is 10.2 Å². The molecule has 1 aromatic carbocycles. The summed E-state index contributed by atoms with van der Waals surface area (Å²) in [6.45, 7) is 2.08. The molecule has 2 rings (SSSR count). The molecule has 0 aliphatic carbocycles. The van der Waals surface area contributed by atoms with Crippen molar-refractivity contribution in [2.45, 2.75) is 13.3 Å². The Bertz CT molecular complexity index is 572. The molecular formula is C11H11BrN2O2. The number of hydrogen-bond donors (Lipinski definition) is 0. The normalized spacial score (nSPS) is 10.7. The lowest BCUT2D eigenvalue weighted by atomic mass is 10.1. The minimum absolute atomic E-state index is 0.343. The molecule has 1 heterocycles. The molecule has 0 fully saturated rings. The van der Waals surface area contributed by atoms with Crippen molar-refractivity contribution in [3.63, 3.8) is 0 Å². The fourth-order valence-corrected chi connectivity index (χ4v) is 2.09. The highest BCUT2D eigenvalue weighted by Gasteiger charge is 2.09. The fraction of sp³-hybridized carbons (Fsp3) is 0.273. The summed E-state index contributed by atoms with van der Waals surface area (Å²) in [5.41, 5.74) is 2.00. The molecule has 0 N–H and O–H groups in total. The van der Waals surface area contributed by atoms with Crippen LogP contribution < -0.4 is 5.76 Å². The van der Waals surface area contributed by atoms with E-state index in [4.69, 9.17) is 4.42 Å². The van der Waals surface area contributed by atoms with Crippen LogP contribution in [0.4, 0.5) is 0 Å². The first-order valence-corrected chi connectivity index (χ1v) is 5.74. The van der Waals surface area contributed by atoms with Crippen molar-refractivity contribution in [2.75, 3.05) is 0 Å². The third-order valence-electron chi connectivity index (χ3n) is 2.37. The van der Waals surface area contributed by atoms with Gasteiger partial charge in [-0.3, -0.25) is 0 Å². The number of benzene rings is 1. The predicted molar refractivity (Wildman–Crippen MR) is 64.3 cm³/mol. The lowest BCUT2D eigenvalue weighted by Gasteiger charge is -2.02. The van der Waals surface area contributed by atoms with E-state index < -0.39 is 5.76 Å². The lowest BCUT2D eigenvalue weighted by molar-refractivity contribution is 0.505. The molecule has 0 atom stereocenters. The van der Waals surface area contributed by atoms with Crippen LogP contribution in [0.5, 0.6) is 0 Å². The van der Waals surface area contributed by atoms with Gasteiger partial charge in [-0.25, -0.2) is 4.79 Å². The van der Waals surface area contributed by atoms with Crippen molar-refractivity contribution in [1.29, 1.82) is 0 Å². The molecule has 0 aliphatic heterocycles. The van der Waals surface area contributed by atoms with E-state index in [9.17, 15) is 4.79 Å². The molecule has 16 heavy (non-hydrogen) atoms. The van der Waals surface area contributed by atoms with Gasteiger partial charge in [0, 0.05) is 17.1 Å². The molecule has 0 radical (unpaired) electrons. The Balaban J connectivity index is 2.49. The maximum Gasteiger partial charge on any atom is 0.437 e. The van der Waals surface area contributed by atoms with Gasteiger partial charge in [-0.2, -0.15) is 4.68 Å². The summed E-state index contributed by atoms with van der Waals surface area (Å²) in [6.07, 6.45) is 0.951. The predicted octanol–water partition coefficient (Wildman–Crippen LogP) is 2.37. The van der Waals surface area contributed by atoms with Crippen molar-refractivity contribution in [3.8, 4) is 11.5 Å². The Morgan fingerprint density at radius 2 is 2.25 bits per heavy atom. The van der Waals surface area contributed by atoms with Crippen molar-refractivity contribution < 1.29 is 4.42 Å². The second-order valence-electron chi connectivity index (χ2n) is 3.46. The molecule has 84 valence electrons. The summed E-state index contributed by atoms with van der Waals surface area (Å²) in [7, 11) is 1.56. The van der Waals surface area contributed by atoms with Gasteiger partial charge in [-0.05, 0) is 24.1 Å². The molecule has 0 saturated carbocycles. The summed E-state index contributed by atoms with van der Waals surface area (Å²) in [6, 6.07) is 5.80. The second kappa shape index (κ2) is 4.25. The van der Waals surface area contributed by atoms with Crippen molar-refractivity contribution in [1.82, 2.24) is 9.78 Å². The van der Waals surface area contributed by atoms with Gasteiger partial charge in [-0.1, -0.05) is 28.9 Å². The maximum atomic E-state index is 11.1. The standard InChI is InChI=1S/C11H11BrN2O2/c1-3-7-4-5-8(6-9(7)12)10-13-14(2)11(15)16-10/h4-6H,3H2,1-2H3. The number of hydrogen-bond acceptors (Lipinski definition) is 3. The highest BCUT2D eigenvalue weighted by Crippen LogP contribution is 2.24. The molecule has 0 amide bonds. The van der Waals surface area contributed by atoms with Crippen LogP contribution >= 0.6 is 15.9 Å². The van der Waals surface area contributed by atoms with E-state index in [2.05, 4.69) is 28.0 Å². The monoisotopic (exact) mass is 282 g/mol. The first-order valence-electron chi connectivity index (χ1n) is 4.94. The fourth-order valence-electron chi connectivity index (χ4n) is 1.43. The average molecular weight is 283 g/mol. The number of halogens is 1. The Kier molecular flexibility index (Phi) is 2.96. The van der Waals surface area contributed by atoms with E-state index in [1.54, 1.807) is 7.05 Å². The summed E-state index contributed by atoms with van der Waals surface area (Å²) < 4.78 is 7.18. The third-order valence-corrected chi connectivity index (χ3v) is 3.11. The molecule has 5 heteroatoms. The van der Waals surface area contributed by atoms with Gasteiger partial charge in [0.2, 0.25) is 5.89 Å². The van der Waals surface area contributed by atoms with Crippen LogP contribution in [-0.2, 0) is 13.5 Å². The zero-order chi connectivity index (χ0) is 11.7. The molecule has 0 saturated heterocycles. The van der Waals surface area contributed by atoms with Gasteiger partial charge >= 0.3 is 5.76 Å². The van der Waals surface area contributed by atoms with Crippen LogP contribution in [0.2, 0.25) is 0 Å². The highest BCUT2D eigenvalue weighted by atomic mass is 79.9. The quantitative estimate of drug-likeness (QED) is 0.850. The van der Waals surface area contributed by atoms with Gasteiger partial charge in [0.1, 0.15) is 0 Å². The van der Waals surface area contributed by atoms with Crippen molar-refractivity contribution >= 4 is 15.9 Å². The van der Waals surface area contributed by atoms with E-state index >= 15 is 0 Å². The molecule has 0 spiro atoms. The Morgan fingerprint density at radius 3 is 2.75 bits per heavy atom. The van der Waals surface area contributed by atoms with E-state index in [1.807, 2.05) is 18.2 Å². The minimum atomic E-state index is -0.453. The van der Waals surface area contributed by atoms with E-state index in [0.717, 1.165) is 16.5 Å². The molecule has 0 unspecified atom stereocenters. The molecule has 0 aliphatic rings. The van der Waals surface area contributed by atoms with Gasteiger partial charge in [0.05, 0.1) is 0 Å². The number of rotatable bonds is 2. The Morgan fingerprint density at radius 1 is 1.50 bits per heavy atom. The van der Waals surface area contributed by atoms with Gasteiger partial charge in [0.25, 0.3) is 0 Å². The van der Waals surface area contributed by atoms with Crippen LogP contribution in [0.25, 0.3) is 11.5 Å². The molecule has 4 nitrogen and oxygen atoms in total. The second-order valence-corrected chi connectivity index (χ2v) is 4.31. The Labute approximate surface area is 101 Å². The smallest absolute Gasteiger partial charge is 0.388 e. The average Bonchev–Trinajstić information content (AvgIpc) is 2.59. The Hall–Kier alpha value is -1.36. The first kappa shape index (κ1) is 11.1. The van der Waals surface area contributed by atoms with Gasteiger partial charge in [-0.15, -0.1) is 5.10 Å². The topological polar surface area (TPSA) is 48.0 Å². The highest BCUT2D eigenvalue weighted by molar-refractivity contribution is 9.10. The zero-order valence-corrected chi connectivity index (χ0v) is 10.6. The third kappa shape index (κ3) is 1.95. The largest absolute Gasteiger partial charge is 0.437 e. The van der Waals surface area contributed by atoms with E-state index in [-0.39, 0.29) is 0 Å². The summed E-state index contributed by atoms with van der Waals surface area (Å²) >= 11 is 3.48. The van der Waals surface area contributed by atoms with Crippen LogP contribution in [0.1, 0.15) is 12.5 Å². The lowest BCUT2D eigenvalue weighted by Crippen LogP contribution is -2.09. The van der Waals surface area contributed by atoms with Gasteiger partial charge in [0.15, 0.2) is 0 Å². The number of aromatic nitrogens is 2. The molecule has 0 bridgehead atoms. The van der Waals surface area contributed by atoms with E-state index in [0.29, 0.717) is 5.89 Å². The summed E-state index contributed by atoms with van der Waals surface area (Å²) in [5, 5.41) is 3.99. The first-order chi connectivity index (χ1) is 7.61. The SMILES string of the molecule is CCc1ccc(-c2nn(C)c(=O)o2)cc1Br. The molecule has 2 aromatic rings. The summed E-state index contributed by atoms with van der Waals surface area (Å²) in [4.78, 5) is 11.1. The maximum absolute atomic E-state index is 11.1. The summed E-state index contributed by atoms with van der Waals surface area (Å²) in [5.74, 6) is -0.110. The van der Waals surface area contributed by atoms with Crippen LogP contribution in [-0.4, -0.2) is 9.78 Å². The number of aryl methyl sites for hydroxylation is 2. The number of nitrogens with zero attached hydrogens (tertiary/aromatic N) is 2. The van der Waals surface area contributed by atoms with Crippen molar-refractivity contribution in [2.24, 2.45) is 7.05 Å². The molecule has 1 aromatic heterocycles. The van der Waals surface area contributed by atoms with Crippen LogP contribution in [0, 0.1) is 0 Å². The minimum Gasteiger partial charge on any atom is -0.388 e. The van der Waals surface area contributed by atoms with Crippen LogP contribution in [0.3, 0.4) is 0 Å². The van der Waals surface area contributed by atoms with Gasteiger partial charge < -0.3 is 4.42 Å². The van der Waals surface area contributed by atoms with Crippen LogP contribution in [0.15, 0.2) is 31.9 Å². The zero-order valence-electron chi connectivity index (χ0n) is 9.03. The molecular weight excluding hydrogens is 272 g/mol. The van der Waals surface area contributed by atoms with Crippen molar-refractivity contribution in [3.05, 3.63) is 38.8 Å².